The van der Waals surface area contributed by atoms with Crippen LogP contribution in [0.15, 0.2) is 59.4 Å². The smallest absolute Gasteiger partial charge is 0.259 e. The third kappa shape index (κ3) is 3.93. The van der Waals surface area contributed by atoms with E-state index in [0.29, 0.717) is 25.7 Å². The molecule has 0 N–H and O–H groups in total. The van der Waals surface area contributed by atoms with Gasteiger partial charge in [0.1, 0.15) is 5.82 Å². The number of nitrogens with zero attached hydrogens (tertiary/aromatic N) is 4. The second kappa shape index (κ2) is 8.17. The maximum atomic E-state index is 13.4. The summed E-state index contributed by atoms with van der Waals surface area (Å²) in [5.74, 6) is 0.333. The van der Waals surface area contributed by atoms with E-state index in [-0.39, 0.29) is 11.4 Å². The number of hydrogen-bond donors (Lipinski definition) is 0. The van der Waals surface area contributed by atoms with Crippen LogP contribution in [0.2, 0.25) is 0 Å². The number of halogens is 1. The Morgan fingerprint density at radius 2 is 1.76 bits per heavy atom. The fourth-order valence-corrected chi connectivity index (χ4v) is 3.81. The summed E-state index contributed by atoms with van der Waals surface area (Å²) in [5, 5.41) is 0. The summed E-state index contributed by atoms with van der Waals surface area (Å²) >= 11 is 0. The van der Waals surface area contributed by atoms with Crippen molar-refractivity contribution in [1.82, 2.24) is 14.5 Å². The van der Waals surface area contributed by atoms with E-state index < -0.39 is 0 Å². The number of aryl methyl sites for hydroxylation is 1. The molecule has 0 amide bonds. The van der Waals surface area contributed by atoms with Crippen molar-refractivity contribution in [1.29, 1.82) is 0 Å². The van der Waals surface area contributed by atoms with Crippen LogP contribution in [0.4, 0.5) is 16.0 Å². The molecule has 29 heavy (non-hydrogen) atoms. The topological polar surface area (TPSA) is 41.4 Å². The van der Waals surface area contributed by atoms with E-state index in [0.717, 1.165) is 35.5 Å². The second-order valence-electron chi connectivity index (χ2n) is 7.45. The first-order valence-corrected chi connectivity index (χ1v) is 9.96. The Morgan fingerprint density at radius 1 is 1.03 bits per heavy atom. The first-order chi connectivity index (χ1) is 14.1. The third-order valence-corrected chi connectivity index (χ3v) is 5.28. The van der Waals surface area contributed by atoms with E-state index in [1.807, 2.05) is 42.2 Å². The summed E-state index contributed by atoms with van der Waals surface area (Å²) in [6, 6.07) is 16.3. The molecule has 0 spiro atoms. The van der Waals surface area contributed by atoms with Crippen LogP contribution in [0.25, 0.3) is 0 Å². The standard InChI is InChI=1S/C23H25FN4O/c1-3-13-26-15-27(20-11-9-19(24)10-12-20)23-25-17(2)21(22(29)28(23)16-26)14-18-7-5-4-6-8-18/h4-12H,3,13-16H2,1-2H3. The van der Waals surface area contributed by atoms with Gasteiger partial charge < -0.3 is 0 Å². The van der Waals surface area contributed by atoms with Crippen LogP contribution < -0.4 is 10.5 Å². The zero-order valence-corrected chi connectivity index (χ0v) is 16.8. The number of fused-ring (bicyclic) bond motifs is 1. The van der Waals surface area contributed by atoms with Crippen molar-refractivity contribution in [2.75, 3.05) is 18.1 Å². The number of rotatable bonds is 5. The largest absolute Gasteiger partial charge is 0.298 e. The molecule has 1 aliphatic rings. The van der Waals surface area contributed by atoms with Gasteiger partial charge in [0, 0.05) is 24.2 Å². The summed E-state index contributed by atoms with van der Waals surface area (Å²) in [5.41, 5.74) is 3.36. The van der Waals surface area contributed by atoms with Crippen LogP contribution in [-0.2, 0) is 13.1 Å². The van der Waals surface area contributed by atoms with E-state index in [2.05, 4.69) is 11.8 Å². The lowest BCUT2D eigenvalue weighted by atomic mass is 10.1. The highest BCUT2D eigenvalue weighted by Gasteiger charge is 2.27. The first-order valence-electron chi connectivity index (χ1n) is 9.96. The Morgan fingerprint density at radius 3 is 2.45 bits per heavy atom. The molecule has 0 radical (unpaired) electrons. The Labute approximate surface area is 170 Å². The highest BCUT2D eigenvalue weighted by Crippen LogP contribution is 2.28. The minimum Gasteiger partial charge on any atom is -0.298 e. The van der Waals surface area contributed by atoms with Gasteiger partial charge in [-0.3, -0.25) is 19.2 Å². The molecule has 2 heterocycles. The molecule has 6 heteroatoms. The molecule has 3 aromatic rings. The molecule has 0 aliphatic carbocycles. The summed E-state index contributed by atoms with van der Waals surface area (Å²) < 4.78 is 15.2. The monoisotopic (exact) mass is 392 g/mol. The van der Waals surface area contributed by atoms with Gasteiger partial charge in [-0.2, -0.15) is 0 Å². The van der Waals surface area contributed by atoms with Gasteiger partial charge in [0.2, 0.25) is 5.95 Å². The van der Waals surface area contributed by atoms with Crippen molar-refractivity contribution in [2.45, 2.75) is 33.4 Å². The Balaban J connectivity index is 1.80. The van der Waals surface area contributed by atoms with Crippen LogP contribution in [0.5, 0.6) is 0 Å². The first kappa shape index (κ1) is 19.3. The third-order valence-electron chi connectivity index (χ3n) is 5.28. The minimum absolute atomic E-state index is 0.00994. The van der Waals surface area contributed by atoms with Gasteiger partial charge in [0.25, 0.3) is 5.56 Å². The molecule has 1 aliphatic heterocycles. The summed E-state index contributed by atoms with van der Waals surface area (Å²) in [7, 11) is 0. The van der Waals surface area contributed by atoms with Crippen LogP contribution in [0, 0.1) is 12.7 Å². The predicted octanol–water partition coefficient (Wildman–Crippen LogP) is 4.06. The van der Waals surface area contributed by atoms with Crippen LogP contribution in [0.1, 0.15) is 30.2 Å². The molecule has 0 saturated heterocycles. The molecular weight excluding hydrogens is 367 g/mol. The lowest BCUT2D eigenvalue weighted by Crippen LogP contribution is -2.48. The van der Waals surface area contributed by atoms with Crippen molar-refractivity contribution in [3.63, 3.8) is 0 Å². The zero-order chi connectivity index (χ0) is 20.4. The number of aromatic nitrogens is 2. The molecule has 2 aromatic carbocycles. The van der Waals surface area contributed by atoms with Gasteiger partial charge in [-0.15, -0.1) is 0 Å². The second-order valence-corrected chi connectivity index (χ2v) is 7.45. The number of hydrogen-bond acceptors (Lipinski definition) is 4. The normalized spacial score (nSPS) is 14.1. The van der Waals surface area contributed by atoms with E-state index in [1.165, 1.54) is 12.1 Å². The van der Waals surface area contributed by atoms with Crippen molar-refractivity contribution < 1.29 is 4.39 Å². The number of benzene rings is 2. The van der Waals surface area contributed by atoms with Gasteiger partial charge in [-0.25, -0.2) is 9.37 Å². The fourth-order valence-electron chi connectivity index (χ4n) is 3.81. The molecule has 0 fully saturated rings. The average molecular weight is 392 g/mol. The van der Waals surface area contributed by atoms with Crippen LogP contribution in [0.3, 0.4) is 0 Å². The lowest BCUT2D eigenvalue weighted by Gasteiger charge is -2.38. The molecule has 0 bridgehead atoms. The quantitative estimate of drug-likeness (QED) is 0.657. The maximum absolute atomic E-state index is 13.4. The van der Waals surface area contributed by atoms with Crippen molar-refractivity contribution >= 4 is 11.6 Å². The van der Waals surface area contributed by atoms with E-state index in [9.17, 15) is 9.18 Å². The van der Waals surface area contributed by atoms with Crippen LogP contribution >= 0.6 is 0 Å². The van der Waals surface area contributed by atoms with E-state index in [1.54, 1.807) is 16.7 Å². The van der Waals surface area contributed by atoms with Gasteiger partial charge in [-0.05, 0) is 43.2 Å². The Bertz CT molecular complexity index is 1050. The highest BCUT2D eigenvalue weighted by molar-refractivity contribution is 5.58. The molecule has 4 rings (SSSR count). The summed E-state index contributed by atoms with van der Waals surface area (Å²) in [6.07, 6.45) is 1.54. The Kier molecular flexibility index (Phi) is 5.45. The summed E-state index contributed by atoms with van der Waals surface area (Å²) in [4.78, 5) is 22.4. The van der Waals surface area contributed by atoms with E-state index >= 15 is 0 Å². The minimum atomic E-state index is -0.282. The van der Waals surface area contributed by atoms with Crippen molar-refractivity contribution in [3.8, 4) is 0 Å². The molecule has 150 valence electrons. The fraction of sp³-hybridized carbons (Fsp3) is 0.304. The van der Waals surface area contributed by atoms with Gasteiger partial charge in [0.15, 0.2) is 0 Å². The van der Waals surface area contributed by atoms with Gasteiger partial charge >= 0.3 is 0 Å². The average Bonchev–Trinajstić information content (AvgIpc) is 2.73. The SMILES string of the molecule is CCCN1CN(c2ccc(F)cc2)c2nc(C)c(Cc3ccccc3)c(=O)n2C1. The molecule has 1 aromatic heterocycles. The highest BCUT2D eigenvalue weighted by atomic mass is 19.1. The number of anilines is 2. The van der Waals surface area contributed by atoms with Crippen molar-refractivity contribution in [2.24, 2.45) is 0 Å². The molecule has 0 atom stereocenters. The summed E-state index contributed by atoms with van der Waals surface area (Å²) in [6.45, 7) is 6.00. The van der Waals surface area contributed by atoms with Gasteiger partial charge in [-0.1, -0.05) is 37.3 Å². The maximum Gasteiger partial charge on any atom is 0.259 e. The zero-order valence-electron chi connectivity index (χ0n) is 16.8. The van der Waals surface area contributed by atoms with Crippen molar-refractivity contribution in [3.05, 3.63) is 87.6 Å². The molecule has 5 nitrogen and oxygen atoms in total. The van der Waals surface area contributed by atoms with Crippen LogP contribution in [-0.4, -0.2) is 27.7 Å². The molecule has 0 saturated carbocycles. The predicted molar refractivity (Wildman–Crippen MR) is 113 cm³/mol. The van der Waals surface area contributed by atoms with Gasteiger partial charge in [0.05, 0.1) is 19.0 Å². The lowest BCUT2D eigenvalue weighted by molar-refractivity contribution is 0.198. The Hall–Kier alpha value is -2.99. The molecule has 0 unspecified atom stereocenters. The molecular formula is C23H25FN4O. The van der Waals surface area contributed by atoms with E-state index in [4.69, 9.17) is 4.98 Å².